The van der Waals surface area contributed by atoms with Crippen LogP contribution >= 0.6 is 0 Å². The maximum Gasteiger partial charge on any atom is 0.410 e. The summed E-state index contributed by atoms with van der Waals surface area (Å²) in [5.74, 6) is 0.212. The highest BCUT2D eigenvalue weighted by atomic mass is 16.6. The van der Waals surface area contributed by atoms with Gasteiger partial charge in [0.25, 0.3) is 0 Å². The third-order valence-electron chi connectivity index (χ3n) is 4.14. The number of rotatable bonds is 2. The van der Waals surface area contributed by atoms with Crippen molar-refractivity contribution in [2.24, 2.45) is 5.92 Å². The highest BCUT2D eigenvalue weighted by Crippen LogP contribution is 2.36. The summed E-state index contributed by atoms with van der Waals surface area (Å²) in [7, 11) is 0. The molecule has 1 heterocycles. The summed E-state index contributed by atoms with van der Waals surface area (Å²) in [6, 6.07) is 9.96. The van der Waals surface area contributed by atoms with E-state index in [9.17, 15) is 9.90 Å². The van der Waals surface area contributed by atoms with Crippen molar-refractivity contribution in [1.82, 2.24) is 4.90 Å². The average Bonchev–Trinajstić information content (AvgIpc) is 2.45. The second kappa shape index (κ2) is 6.69. The molecule has 0 radical (unpaired) electrons. The Balaban J connectivity index is 2.21. The number of aliphatic hydroxyl groups excluding tert-OH is 1. The van der Waals surface area contributed by atoms with Gasteiger partial charge >= 0.3 is 6.09 Å². The van der Waals surface area contributed by atoms with Crippen molar-refractivity contribution in [3.8, 4) is 0 Å². The van der Waals surface area contributed by atoms with Gasteiger partial charge in [-0.2, -0.15) is 0 Å². The molecule has 1 amide bonds. The first-order valence-electron chi connectivity index (χ1n) is 8.00. The lowest BCUT2D eigenvalue weighted by Gasteiger charge is -2.41. The number of aliphatic hydroxyl groups is 1. The molecule has 1 N–H and O–H groups in total. The summed E-state index contributed by atoms with van der Waals surface area (Å²) in [5, 5.41) is 9.92. The number of piperidine rings is 1. The third kappa shape index (κ3) is 4.23. The van der Waals surface area contributed by atoms with Crippen molar-refractivity contribution in [3.05, 3.63) is 35.9 Å². The Morgan fingerprint density at radius 1 is 1.32 bits per heavy atom. The summed E-state index contributed by atoms with van der Waals surface area (Å²) < 4.78 is 5.55. The van der Waals surface area contributed by atoms with Crippen LogP contribution in [0.25, 0.3) is 0 Å². The molecule has 0 aromatic heterocycles. The van der Waals surface area contributed by atoms with Gasteiger partial charge in [-0.05, 0) is 52.0 Å². The molecule has 1 saturated heterocycles. The van der Waals surface area contributed by atoms with Crippen LogP contribution in [-0.2, 0) is 4.74 Å². The molecular formula is C18H27NO3. The Kier molecular flexibility index (Phi) is 5.12. The molecule has 1 fully saturated rings. The van der Waals surface area contributed by atoms with Gasteiger partial charge in [-0.3, -0.25) is 0 Å². The fourth-order valence-electron chi connectivity index (χ4n) is 2.96. The number of hydrogen-bond donors (Lipinski definition) is 1. The van der Waals surface area contributed by atoms with Gasteiger partial charge in [0.15, 0.2) is 0 Å². The van der Waals surface area contributed by atoms with E-state index in [0.717, 1.165) is 18.4 Å². The molecule has 0 saturated carbocycles. The summed E-state index contributed by atoms with van der Waals surface area (Å²) in [5.41, 5.74) is 0.595. The first-order valence-corrected chi connectivity index (χ1v) is 8.00. The van der Waals surface area contributed by atoms with Gasteiger partial charge in [-0.15, -0.1) is 0 Å². The van der Waals surface area contributed by atoms with Crippen LogP contribution in [0.3, 0.4) is 0 Å². The molecule has 22 heavy (non-hydrogen) atoms. The van der Waals surface area contributed by atoms with Crippen molar-refractivity contribution in [3.63, 3.8) is 0 Å². The predicted octanol–water partition coefficient (Wildman–Crippen LogP) is 3.76. The normalized spacial score (nSPS) is 24.0. The van der Waals surface area contributed by atoms with Crippen LogP contribution in [0.15, 0.2) is 30.3 Å². The molecular weight excluding hydrogens is 278 g/mol. The molecule has 2 rings (SSSR count). The Bertz CT molecular complexity index is 493. The average molecular weight is 305 g/mol. The van der Waals surface area contributed by atoms with Gasteiger partial charge in [0.05, 0.1) is 12.1 Å². The largest absolute Gasteiger partial charge is 0.444 e. The van der Waals surface area contributed by atoms with Crippen LogP contribution in [0.2, 0.25) is 0 Å². The molecule has 4 nitrogen and oxygen atoms in total. The van der Waals surface area contributed by atoms with Gasteiger partial charge in [0.1, 0.15) is 5.60 Å². The van der Waals surface area contributed by atoms with Gasteiger partial charge in [-0.25, -0.2) is 4.79 Å². The van der Waals surface area contributed by atoms with Crippen molar-refractivity contribution in [2.75, 3.05) is 6.54 Å². The molecule has 0 aliphatic carbocycles. The number of amides is 1. The summed E-state index contributed by atoms with van der Waals surface area (Å²) in [4.78, 5) is 14.3. The van der Waals surface area contributed by atoms with E-state index < -0.39 is 5.60 Å². The topological polar surface area (TPSA) is 49.8 Å². The molecule has 0 bridgehead atoms. The summed E-state index contributed by atoms with van der Waals surface area (Å²) in [6.07, 6.45) is 0.943. The number of carbonyl (C=O) groups excluding carboxylic acids is 1. The highest BCUT2D eigenvalue weighted by molar-refractivity contribution is 5.69. The van der Waals surface area contributed by atoms with Crippen molar-refractivity contribution < 1.29 is 14.6 Å². The zero-order valence-electron chi connectivity index (χ0n) is 14.0. The Labute approximate surface area is 133 Å². The molecule has 1 aromatic carbocycles. The van der Waals surface area contributed by atoms with Crippen molar-refractivity contribution in [1.29, 1.82) is 0 Å². The van der Waals surface area contributed by atoms with E-state index in [1.165, 1.54) is 0 Å². The highest BCUT2D eigenvalue weighted by Gasteiger charge is 2.36. The monoisotopic (exact) mass is 305 g/mol. The Hall–Kier alpha value is -1.55. The Morgan fingerprint density at radius 3 is 2.50 bits per heavy atom. The number of carbonyl (C=O) groups is 1. The van der Waals surface area contributed by atoms with Crippen LogP contribution < -0.4 is 0 Å². The SMILES string of the molecule is CC(O)[C@@H]1CCN(C(=O)OC(C)(C)C)[C@H](c2ccccc2)C1. The minimum atomic E-state index is -0.501. The molecule has 122 valence electrons. The van der Waals surface area contributed by atoms with Crippen LogP contribution in [0.4, 0.5) is 4.79 Å². The van der Waals surface area contributed by atoms with Gasteiger partial charge in [-0.1, -0.05) is 30.3 Å². The zero-order chi connectivity index (χ0) is 16.3. The van der Waals surface area contributed by atoms with Gasteiger partial charge < -0.3 is 14.7 Å². The number of benzene rings is 1. The first-order chi connectivity index (χ1) is 10.3. The van der Waals surface area contributed by atoms with Crippen LogP contribution in [0.1, 0.15) is 52.1 Å². The second-order valence-electron chi connectivity index (χ2n) is 7.13. The van der Waals surface area contributed by atoms with Gasteiger partial charge in [0.2, 0.25) is 0 Å². The lowest BCUT2D eigenvalue weighted by atomic mass is 9.84. The quantitative estimate of drug-likeness (QED) is 0.905. The minimum Gasteiger partial charge on any atom is -0.444 e. The van der Waals surface area contributed by atoms with Crippen molar-refractivity contribution >= 4 is 6.09 Å². The molecule has 1 aromatic rings. The van der Waals surface area contributed by atoms with Gasteiger partial charge in [0, 0.05) is 6.54 Å². The number of nitrogens with zero attached hydrogens (tertiary/aromatic N) is 1. The molecule has 4 heteroatoms. The lowest BCUT2D eigenvalue weighted by molar-refractivity contribution is -0.00782. The third-order valence-corrected chi connectivity index (χ3v) is 4.14. The lowest BCUT2D eigenvalue weighted by Crippen LogP contribution is -2.45. The fourth-order valence-corrected chi connectivity index (χ4v) is 2.96. The smallest absolute Gasteiger partial charge is 0.410 e. The first kappa shape index (κ1) is 16.8. The van der Waals surface area contributed by atoms with Crippen molar-refractivity contribution in [2.45, 2.75) is 58.3 Å². The number of ether oxygens (including phenoxy) is 1. The van der Waals surface area contributed by atoms with E-state index in [-0.39, 0.29) is 24.2 Å². The maximum absolute atomic E-state index is 12.5. The maximum atomic E-state index is 12.5. The minimum absolute atomic E-state index is 0.0376. The number of likely N-dealkylation sites (tertiary alicyclic amines) is 1. The molecule has 0 spiro atoms. The van der Waals surface area contributed by atoms with E-state index in [0.29, 0.717) is 6.54 Å². The summed E-state index contributed by atoms with van der Waals surface area (Å²) in [6.45, 7) is 8.08. The van der Waals surface area contributed by atoms with Crippen LogP contribution in [0.5, 0.6) is 0 Å². The molecule has 1 aliphatic rings. The molecule has 3 atom stereocenters. The van der Waals surface area contributed by atoms with E-state index in [1.54, 1.807) is 4.90 Å². The summed E-state index contributed by atoms with van der Waals surface area (Å²) >= 11 is 0. The Morgan fingerprint density at radius 2 is 1.95 bits per heavy atom. The molecule has 1 aliphatic heterocycles. The zero-order valence-corrected chi connectivity index (χ0v) is 14.0. The van der Waals surface area contributed by atoms with E-state index in [4.69, 9.17) is 4.74 Å². The molecule has 1 unspecified atom stereocenters. The predicted molar refractivity (Wildman–Crippen MR) is 86.5 cm³/mol. The second-order valence-corrected chi connectivity index (χ2v) is 7.13. The van der Waals surface area contributed by atoms with Crippen LogP contribution in [-0.4, -0.2) is 34.3 Å². The van der Waals surface area contributed by atoms with E-state index >= 15 is 0 Å². The fraction of sp³-hybridized carbons (Fsp3) is 0.611. The number of hydrogen-bond acceptors (Lipinski definition) is 3. The van der Waals surface area contributed by atoms with E-state index in [2.05, 4.69) is 0 Å². The van der Waals surface area contributed by atoms with E-state index in [1.807, 2.05) is 58.0 Å². The van der Waals surface area contributed by atoms with Crippen LogP contribution in [0, 0.1) is 5.92 Å². The standard InChI is InChI=1S/C18H27NO3/c1-13(20)15-10-11-19(17(21)22-18(2,3)4)16(12-15)14-8-6-5-7-9-14/h5-9,13,15-16,20H,10-12H2,1-4H3/t13?,15-,16+/m1/s1.